The molecule has 0 N–H and O–H groups in total. The van der Waals surface area contributed by atoms with E-state index in [2.05, 4.69) is 6.92 Å². The van der Waals surface area contributed by atoms with Crippen LogP contribution in [0.15, 0.2) is 41.7 Å². The second-order valence-corrected chi connectivity index (χ2v) is 30.1. The monoisotopic (exact) mass is 1410 g/mol. The summed E-state index contributed by atoms with van der Waals surface area (Å²) in [6.45, 7) is 58.3. The number of ketones is 1. The molecule has 0 saturated heterocycles. The SMILES string of the molecule is CC(C)(C)C(=O)OCCOCCOCc1ccccc1.CC1=C(COC(=O)C(C)(C)C)OC(=O)C1.CCCCCCOC(=O)C(C)(C)C.CCOC(=O)C(C)(C)C.CCOC(=O)CCCC(=O)C(C)(C)C.CCOCCCOC(=O)C(C)(C)C.CCOCCOCCOC(=O)C(C)(C)C. The highest BCUT2D eigenvalue weighted by atomic mass is 16.6. The van der Waals surface area contributed by atoms with E-state index in [0.29, 0.717) is 131 Å². The molecule has 99 heavy (non-hydrogen) atoms. The van der Waals surface area contributed by atoms with Crippen molar-refractivity contribution in [2.24, 2.45) is 37.9 Å². The zero-order chi connectivity index (χ0) is 77.5. The van der Waals surface area contributed by atoms with Crippen LogP contribution in [0, 0.1) is 37.9 Å². The molecule has 1 aliphatic rings. The lowest BCUT2D eigenvalue weighted by molar-refractivity contribution is -0.155. The van der Waals surface area contributed by atoms with E-state index in [1.54, 1.807) is 34.6 Å². The molecule has 0 atom stereocenters. The quantitative estimate of drug-likeness (QED) is 0.0359. The van der Waals surface area contributed by atoms with Crippen molar-refractivity contribution in [2.45, 2.75) is 251 Å². The van der Waals surface area contributed by atoms with Crippen molar-refractivity contribution in [1.82, 2.24) is 0 Å². The van der Waals surface area contributed by atoms with Gasteiger partial charge in [0.15, 0.2) is 0 Å². The Morgan fingerprint density at radius 1 is 0.354 bits per heavy atom. The van der Waals surface area contributed by atoms with Gasteiger partial charge in [-0.05, 0) is 183 Å². The van der Waals surface area contributed by atoms with Gasteiger partial charge in [-0.25, -0.2) is 0 Å². The molecular formula is C77H138O22. The predicted octanol–water partition coefficient (Wildman–Crippen LogP) is 15.3. The lowest BCUT2D eigenvalue weighted by Gasteiger charge is -2.16. The standard InChI is InChI=1S/C16H24O4.C11H16O4.C11H22O4.C11H20O3.C11H22O2.C10H20O3.C7H14O2/c1-16(2,3)15(17)20-12-11-18-9-10-19-13-14-7-5-4-6-8-14;1-7-5-9(12)15-8(7)6-14-10(13)11(2,3)4;1-5-13-6-7-14-8-9-15-10(12)11(2,3)4;1-5-14-10(13)8-6-7-9(12)11(2,3)4;1-5-6-7-8-9-13-10(12)11(2,3)4;1-5-12-7-6-8-13-9(11)10(2,3)4;1-5-9-6(8)7(2,3)4/h4-8H,9-13H2,1-3H3;5-6H2,1-4H3;5-9H2,1-4H3;5-8H2,1-4H3;5-9H2,1-4H3;5-8H2,1-4H3;5H2,1-4H3. The highest BCUT2D eigenvalue weighted by Gasteiger charge is 2.28. The van der Waals surface area contributed by atoms with Crippen molar-refractivity contribution in [1.29, 1.82) is 0 Å². The summed E-state index contributed by atoms with van der Waals surface area (Å²) >= 11 is 0. The Labute approximate surface area is 598 Å². The Morgan fingerprint density at radius 2 is 0.727 bits per heavy atom. The number of cyclic esters (lactones) is 1. The van der Waals surface area contributed by atoms with E-state index in [-0.39, 0.29) is 83.0 Å². The maximum Gasteiger partial charge on any atom is 0.315 e. The van der Waals surface area contributed by atoms with Crippen molar-refractivity contribution < 1.29 is 105 Å². The normalized spacial score (nSPS) is 12.1. The van der Waals surface area contributed by atoms with Crippen LogP contribution < -0.4 is 0 Å². The van der Waals surface area contributed by atoms with Crippen LogP contribution in [0.25, 0.3) is 0 Å². The highest BCUT2D eigenvalue weighted by molar-refractivity contribution is 5.84. The van der Waals surface area contributed by atoms with Crippen molar-refractivity contribution in [3.63, 3.8) is 0 Å². The number of hydrogen-bond donors (Lipinski definition) is 0. The van der Waals surface area contributed by atoms with Crippen LogP contribution in [0.2, 0.25) is 0 Å². The van der Waals surface area contributed by atoms with E-state index >= 15 is 0 Å². The van der Waals surface area contributed by atoms with Gasteiger partial charge in [-0.15, -0.1) is 0 Å². The molecule has 578 valence electrons. The fraction of sp³-hybridized carbons (Fsp3) is 0.779. The number of carbonyl (C=O) groups excluding carboxylic acids is 9. The summed E-state index contributed by atoms with van der Waals surface area (Å²) in [5.74, 6) is -0.913. The first-order chi connectivity index (χ1) is 45.6. The molecule has 0 aliphatic carbocycles. The smallest absolute Gasteiger partial charge is 0.315 e. The number of unbranched alkanes of at least 4 members (excludes halogenated alkanes) is 3. The first kappa shape index (κ1) is 102. The van der Waals surface area contributed by atoms with E-state index in [1.165, 1.54) is 12.8 Å². The molecule has 1 aliphatic heterocycles. The summed E-state index contributed by atoms with van der Waals surface area (Å²) in [6, 6.07) is 9.99. The third kappa shape index (κ3) is 65.3. The van der Waals surface area contributed by atoms with Crippen molar-refractivity contribution in [3.05, 3.63) is 47.2 Å². The van der Waals surface area contributed by atoms with Gasteiger partial charge in [-0.3, -0.25) is 43.2 Å². The molecule has 0 aromatic heterocycles. The topological polar surface area (TPSA) is 274 Å². The number of hydrogen-bond acceptors (Lipinski definition) is 22. The number of Topliss-reactive ketones (excluding diaryl/α,β-unsaturated/α-hetero) is 1. The minimum atomic E-state index is -0.531. The molecule has 0 saturated carbocycles. The maximum absolute atomic E-state index is 11.5. The fourth-order valence-electron chi connectivity index (χ4n) is 6.19. The molecule has 0 fully saturated rings. The Morgan fingerprint density at radius 3 is 1.10 bits per heavy atom. The van der Waals surface area contributed by atoms with Crippen LogP contribution in [0.1, 0.15) is 250 Å². The van der Waals surface area contributed by atoms with Gasteiger partial charge in [0.2, 0.25) is 0 Å². The average molecular weight is 1420 g/mol. The molecule has 0 unspecified atom stereocenters. The molecule has 1 aromatic rings. The first-order valence-corrected chi connectivity index (χ1v) is 35.1. The van der Waals surface area contributed by atoms with E-state index < -0.39 is 21.7 Å². The van der Waals surface area contributed by atoms with Gasteiger partial charge in [0.25, 0.3) is 0 Å². The second kappa shape index (κ2) is 56.8. The van der Waals surface area contributed by atoms with Gasteiger partial charge in [0.1, 0.15) is 31.4 Å². The van der Waals surface area contributed by atoms with Gasteiger partial charge in [-0.1, -0.05) is 77.3 Å². The second-order valence-electron chi connectivity index (χ2n) is 30.1. The summed E-state index contributed by atoms with van der Waals surface area (Å²) in [7, 11) is 0. The summed E-state index contributed by atoms with van der Waals surface area (Å²) < 4.78 is 65.9. The summed E-state index contributed by atoms with van der Waals surface area (Å²) in [4.78, 5) is 101. The molecule has 1 heterocycles. The van der Waals surface area contributed by atoms with Crippen LogP contribution in [0.4, 0.5) is 0 Å². The van der Waals surface area contributed by atoms with E-state index in [9.17, 15) is 43.2 Å². The number of rotatable bonds is 33. The van der Waals surface area contributed by atoms with E-state index in [0.717, 1.165) is 30.4 Å². The molecule has 2 rings (SSSR count). The van der Waals surface area contributed by atoms with Gasteiger partial charge >= 0.3 is 47.8 Å². The number of carbonyl (C=O) groups is 9. The number of ether oxygens (including phenoxy) is 13. The Hall–Kier alpha value is -5.81. The molecule has 0 spiro atoms. The van der Waals surface area contributed by atoms with Crippen LogP contribution in [-0.2, 0) is 111 Å². The van der Waals surface area contributed by atoms with Crippen LogP contribution in [-0.4, -0.2) is 159 Å². The molecule has 0 bridgehead atoms. The molecular weight excluding hydrogens is 1280 g/mol. The molecule has 22 nitrogen and oxygen atoms in total. The van der Waals surface area contributed by atoms with Crippen molar-refractivity contribution >= 4 is 53.5 Å². The lowest BCUT2D eigenvalue weighted by Crippen LogP contribution is -2.24. The molecule has 0 radical (unpaired) electrons. The Kier molecular flexibility index (Phi) is 58.4. The number of esters is 8. The number of benzene rings is 1. The fourth-order valence-corrected chi connectivity index (χ4v) is 6.19. The average Bonchev–Trinajstić information content (AvgIpc) is 1.76. The van der Waals surface area contributed by atoms with E-state index in [1.807, 2.05) is 176 Å². The first-order valence-electron chi connectivity index (χ1n) is 35.1. The minimum absolute atomic E-state index is 0.0493. The zero-order valence-corrected chi connectivity index (χ0v) is 66.8. The molecule has 0 amide bonds. The third-order valence-corrected chi connectivity index (χ3v) is 12.4. The lowest BCUT2D eigenvalue weighted by atomic mass is 9.88. The van der Waals surface area contributed by atoms with Crippen molar-refractivity contribution in [2.75, 3.05) is 106 Å². The van der Waals surface area contributed by atoms with Gasteiger partial charge in [0.05, 0.1) is 112 Å². The van der Waals surface area contributed by atoms with Crippen LogP contribution in [0.3, 0.4) is 0 Å². The van der Waals surface area contributed by atoms with Gasteiger partial charge < -0.3 is 61.6 Å². The maximum atomic E-state index is 11.5. The molecule has 1 aromatic carbocycles. The van der Waals surface area contributed by atoms with Gasteiger partial charge in [0, 0.05) is 44.5 Å². The Bertz CT molecular complexity index is 2330. The highest BCUT2D eigenvalue weighted by Crippen LogP contribution is 2.23. The predicted molar refractivity (Wildman–Crippen MR) is 386 cm³/mol. The van der Waals surface area contributed by atoms with Crippen LogP contribution in [0.5, 0.6) is 0 Å². The Balaban J connectivity index is -0.000000351. The summed E-state index contributed by atoms with van der Waals surface area (Å²) in [6.07, 6.45) is 7.06. The summed E-state index contributed by atoms with van der Waals surface area (Å²) in [5, 5.41) is 0. The van der Waals surface area contributed by atoms with Crippen molar-refractivity contribution in [3.8, 4) is 0 Å². The summed E-state index contributed by atoms with van der Waals surface area (Å²) in [5.41, 5.74) is -0.851. The third-order valence-electron chi connectivity index (χ3n) is 12.4. The van der Waals surface area contributed by atoms with Gasteiger partial charge in [-0.2, -0.15) is 0 Å². The molecule has 22 heteroatoms. The minimum Gasteiger partial charge on any atom is -0.466 e. The largest absolute Gasteiger partial charge is 0.466 e. The zero-order valence-electron chi connectivity index (χ0n) is 66.8. The van der Waals surface area contributed by atoms with Crippen LogP contribution >= 0.6 is 0 Å². The van der Waals surface area contributed by atoms with E-state index in [4.69, 9.17) is 61.6 Å².